The standard InChI is InChI=1S/C54H105NO8/c1-3-5-7-8-9-10-11-12-13-14-15-16-17-18-19-20-21-22-23-24-25-26-27-28-29-30-31-32-33-34-35-36-37-38-39-40-42-44-50(58)55-47(48(57)43-41-6-4-2)46-62-54-53(61)52(60)51(59)49(45-56)63-54/h41,43,47-49,51-54,56-57,59-61H,3-40,42,44-46H2,1-2H3,(H,55,58)/b43-41+. The van der Waals surface area contributed by atoms with Gasteiger partial charge in [-0.25, -0.2) is 0 Å². The van der Waals surface area contributed by atoms with Gasteiger partial charge in [0.25, 0.3) is 0 Å². The third-order valence-corrected chi connectivity index (χ3v) is 13.3. The molecule has 0 aromatic carbocycles. The van der Waals surface area contributed by atoms with Crippen LogP contribution in [0.3, 0.4) is 0 Å². The number of hydrogen-bond donors (Lipinski definition) is 6. The molecule has 7 atom stereocenters. The fraction of sp³-hybridized carbons (Fsp3) is 0.944. The molecule has 0 aromatic heterocycles. The van der Waals surface area contributed by atoms with Gasteiger partial charge in [-0.3, -0.25) is 4.79 Å². The van der Waals surface area contributed by atoms with Gasteiger partial charge in [-0.05, 0) is 12.8 Å². The number of amides is 1. The van der Waals surface area contributed by atoms with Crippen molar-refractivity contribution in [3.63, 3.8) is 0 Å². The van der Waals surface area contributed by atoms with Gasteiger partial charge in [0.15, 0.2) is 6.29 Å². The van der Waals surface area contributed by atoms with Gasteiger partial charge < -0.3 is 40.3 Å². The topological polar surface area (TPSA) is 149 Å². The van der Waals surface area contributed by atoms with Crippen LogP contribution in [0.1, 0.15) is 271 Å². The predicted octanol–water partition coefficient (Wildman–Crippen LogP) is 12.8. The van der Waals surface area contributed by atoms with Crippen LogP contribution in [0.15, 0.2) is 12.2 Å². The molecule has 9 heteroatoms. The number of ether oxygens (including phenoxy) is 2. The fourth-order valence-corrected chi connectivity index (χ4v) is 8.99. The molecule has 0 radical (unpaired) electrons. The van der Waals surface area contributed by atoms with Gasteiger partial charge >= 0.3 is 0 Å². The number of rotatable bonds is 47. The smallest absolute Gasteiger partial charge is 0.220 e. The van der Waals surface area contributed by atoms with Gasteiger partial charge in [-0.15, -0.1) is 0 Å². The Morgan fingerprint density at radius 3 is 1.21 bits per heavy atom. The predicted molar refractivity (Wildman–Crippen MR) is 263 cm³/mol. The number of carbonyl (C=O) groups excluding carboxylic acids is 1. The number of unbranched alkanes of at least 4 members (excludes halogenated alkanes) is 37. The Morgan fingerprint density at radius 1 is 0.524 bits per heavy atom. The zero-order chi connectivity index (χ0) is 45.9. The normalized spacial score (nSPS) is 20.1. The molecular weight excluding hydrogens is 791 g/mol. The van der Waals surface area contributed by atoms with Crippen LogP contribution in [0, 0.1) is 0 Å². The lowest BCUT2D eigenvalue weighted by Crippen LogP contribution is -2.60. The summed E-state index contributed by atoms with van der Waals surface area (Å²) < 4.78 is 11.1. The minimum Gasteiger partial charge on any atom is -0.394 e. The molecule has 1 amide bonds. The first-order chi connectivity index (χ1) is 30.8. The Kier molecular flexibility index (Phi) is 42.6. The van der Waals surface area contributed by atoms with Crippen LogP contribution < -0.4 is 5.32 Å². The van der Waals surface area contributed by atoms with Crippen molar-refractivity contribution in [2.75, 3.05) is 13.2 Å². The van der Waals surface area contributed by atoms with Gasteiger partial charge in [0, 0.05) is 6.42 Å². The Balaban J connectivity index is 1.88. The molecule has 1 rings (SSSR count). The Morgan fingerprint density at radius 2 is 0.873 bits per heavy atom. The molecule has 63 heavy (non-hydrogen) atoms. The number of allylic oxidation sites excluding steroid dienone is 1. The molecule has 0 bridgehead atoms. The van der Waals surface area contributed by atoms with E-state index in [2.05, 4.69) is 12.2 Å². The summed E-state index contributed by atoms with van der Waals surface area (Å²) in [6.07, 6.45) is 48.6. The number of aliphatic hydroxyl groups is 5. The third-order valence-electron chi connectivity index (χ3n) is 13.3. The van der Waals surface area contributed by atoms with E-state index < -0.39 is 49.5 Å². The highest BCUT2D eigenvalue weighted by Crippen LogP contribution is 2.23. The summed E-state index contributed by atoms with van der Waals surface area (Å²) >= 11 is 0. The first kappa shape index (κ1) is 59.9. The van der Waals surface area contributed by atoms with Crippen molar-refractivity contribution in [3.8, 4) is 0 Å². The summed E-state index contributed by atoms with van der Waals surface area (Å²) in [6, 6.07) is -0.796. The van der Waals surface area contributed by atoms with E-state index in [-0.39, 0.29) is 12.5 Å². The lowest BCUT2D eigenvalue weighted by molar-refractivity contribution is -0.302. The van der Waals surface area contributed by atoms with E-state index in [9.17, 15) is 30.3 Å². The molecule has 374 valence electrons. The van der Waals surface area contributed by atoms with E-state index in [1.165, 1.54) is 218 Å². The van der Waals surface area contributed by atoms with Crippen molar-refractivity contribution < 1.29 is 39.8 Å². The summed E-state index contributed by atoms with van der Waals surface area (Å²) in [7, 11) is 0. The van der Waals surface area contributed by atoms with Crippen LogP contribution in [-0.2, 0) is 14.3 Å². The maximum absolute atomic E-state index is 12.8. The third kappa shape index (κ3) is 34.8. The second-order valence-corrected chi connectivity index (χ2v) is 19.4. The first-order valence-electron chi connectivity index (χ1n) is 27.4. The van der Waals surface area contributed by atoms with Crippen molar-refractivity contribution in [1.82, 2.24) is 5.32 Å². The van der Waals surface area contributed by atoms with E-state index in [1.807, 2.05) is 13.0 Å². The highest BCUT2D eigenvalue weighted by molar-refractivity contribution is 5.76. The van der Waals surface area contributed by atoms with Crippen molar-refractivity contribution in [3.05, 3.63) is 12.2 Å². The highest BCUT2D eigenvalue weighted by atomic mass is 16.7. The summed E-state index contributed by atoms with van der Waals surface area (Å²) in [6.45, 7) is 3.58. The zero-order valence-corrected chi connectivity index (χ0v) is 41.4. The Bertz CT molecular complexity index is 997. The second kappa shape index (κ2) is 44.7. The van der Waals surface area contributed by atoms with E-state index in [0.717, 1.165) is 32.1 Å². The van der Waals surface area contributed by atoms with Crippen molar-refractivity contribution in [1.29, 1.82) is 0 Å². The molecule has 1 heterocycles. The maximum atomic E-state index is 12.8. The molecule has 1 fully saturated rings. The number of carbonyl (C=O) groups is 1. The van der Waals surface area contributed by atoms with Crippen LogP contribution in [0.2, 0.25) is 0 Å². The molecule has 6 N–H and O–H groups in total. The SMILES string of the molecule is CCC/C=C/C(O)C(COC1OC(CO)C(O)C(O)C1O)NC(=O)CCCCCCCCCCCCCCCCCCCCCCCCCCCCCCCCCCCCCCC. The number of aliphatic hydroxyl groups excluding tert-OH is 5. The first-order valence-corrected chi connectivity index (χ1v) is 27.4. The highest BCUT2D eigenvalue weighted by Gasteiger charge is 2.44. The Labute approximate surface area is 388 Å². The van der Waals surface area contributed by atoms with E-state index in [4.69, 9.17) is 9.47 Å². The van der Waals surface area contributed by atoms with Crippen molar-refractivity contribution in [2.24, 2.45) is 0 Å². The zero-order valence-electron chi connectivity index (χ0n) is 41.4. The molecule has 1 aliphatic heterocycles. The summed E-state index contributed by atoms with van der Waals surface area (Å²) in [5.41, 5.74) is 0. The quantitative estimate of drug-likeness (QED) is 0.0261. The van der Waals surface area contributed by atoms with E-state index in [1.54, 1.807) is 6.08 Å². The number of hydrogen-bond acceptors (Lipinski definition) is 8. The maximum Gasteiger partial charge on any atom is 0.220 e. The van der Waals surface area contributed by atoms with Crippen LogP contribution in [0.5, 0.6) is 0 Å². The summed E-state index contributed by atoms with van der Waals surface area (Å²) in [5, 5.41) is 53.5. The minimum absolute atomic E-state index is 0.184. The Hall–Kier alpha value is -1.07. The van der Waals surface area contributed by atoms with Gasteiger partial charge in [0.1, 0.15) is 24.4 Å². The monoisotopic (exact) mass is 896 g/mol. The molecule has 7 unspecified atom stereocenters. The average molecular weight is 896 g/mol. The lowest BCUT2D eigenvalue weighted by atomic mass is 9.99. The molecule has 9 nitrogen and oxygen atoms in total. The molecule has 0 aromatic rings. The molecular formula is C54H105NO8. The van der Waals surface area contributed by atoms with Gasteiger partial charge in [-0.1, -0.05) is 264 Å². The van der Waals surface area contributed by atoms with Crippen molar-refractivity contribution >= 4 is 5.91 Å². The number of nitrogens with one attached hydrogen (secondary N) is 1. The molecule has 0 saturated carbocycles. The largest absolute Gasteiger partial charge is 0.394 e. The molecule has 0 aliphatic carbocycles. The minimum atomic E-state index is -1.56. The van der Waals surface area contributed by atoms with Crippen LogP contribution in [0.25, 0.3) is 0 Å². The summed E-state index contributed by atoms with van der Waals surface area (Å²) in [4.78, 5) is 12.8. The van der Waals surface area contributed by atoms with E-state index >= 15 is 0 Å². The molecule has 0 spiro atoms. The second-order valence-electron chi connectivity index (χ2n) is 19.4. The van der Waals surface area contributed by atoms with Gasteiger partial charge in [0.2, 0.25) is 5.91 Å². The average Bonchev–Trinajstić information content (AvgIpc) is 3.28. The lowest BCUT2D eigenvalue weighted by Gasteiger charge is -2.40. The summed E-state index contributed by atoms with van der Waals surface area (Å²) in [5.74, 6) is -0.184. The molecule has 1 saturated heterocycles. The van der Waals surface area contributed by atoms with E-state index in [0.29, 0.717) is 6.42 Å². The fourth-order valence-electron chi connectivity index (χ4n) is 8.99. The molecule has 1 aliphatic rings. The van der Waals surface area contributed by atoms with Gasteiger partial charge in [0.05, 0.1) is 25.4 Å². The van der Waals surface area contributed by atoms with Crippen LogP contribution in [-0.4, -0.2) is 87.5 Å². The van der Waals surface area contributed by atoms with Gasteiger partial charge in [-0.2, -0.15) is 0 Å². The van der Waals surface area contributed by atoms with Crippen molar-refractivity contribution in [2.45, 2.75) is 314 Å². The van der Waals surface area contributed by atoms with Crippen LogP contribution >= 0.6 is 0 Å². The van der Waals surface area contributed by atoms with Crippen LogP contribution in [0.4, 0.5) is 0 Å².